The molecule has 4 rings (SSSR count). The number of hydrogen-bond donors (Lipinski definition) is 0. The Bertz CT molecular complexity index is 1520. The van der Waals surface area contributed by atoms with Crippen molar-refractivity contribution in [2.45, 2.75) is 120 Å². The molecule has 46 heavy (non-hydrogen) atoms. The van der Waals surface area contributed by atoms with E-state index >= 15 is 0 Å². The molecular weight excluding hydrogens is 675 g/mol. The van der Waals surface area contributed by atoms with Gasteiger partial charge in [-0.2, -0.15) is 0 Å². The van der Waals surface area contributed by atoms with Crippen molar-refractivity contribution in [2.24, 2.45) is 5.41 Å². The number of halogens is 3. The predicted molar refractivity (Wildman–Crippen MR) is 189 cm³/mol. The summed E-state index contributed by atoms with van der Waals surface area (Å²) in [6.07, 6.45) is 5.71. The molecule has 0 bridgehead atoms. The number of benzene rings is 3. The Morgan fingerprint density at radius 2 is 0.978 bits per heavy atom. The molecule has 0 aliphatic heterocycles. The van der Waals surface area contributed by atoms with Crippen LogP contribution in [0.3, 0.4) is 0 Å². The van der Waals surface area contributed by atoms with Gasteiger partial charge in [-0.25, -0.2) is 0 Å². The zero-order chi connectivity index (χ0) is 32.1. The summed E-state index contributed by atoms with van der Waals surface area (Å²) in [5.74, 6) is 0. The predicted octanol–water partition coefficient (Wildman–Crippen LogP) is 0.222. The maximum absolute atomic E-state index is 2.79. The normalized spacial score (nSPS) is 15.0. The molecule has 248 valence electrons. The first-order chi connectivity index (χ1) is 19.8. The summed E-state index contributed by atoms with van der Waals surface area (Å²) in [6, 6.07) is 22.8. The van der Waals surface area contributed by atoms with Gasteiger partial charge in [-0.3, -0.25) is 0 Å². The molecule has 5 heteroatoms. The SMILES string of the molecule is CCc1cc(CC)cc([Si](C2=[C]([Ti+3])CC=C2C(C)(C)C)(c2cc(C)cc(C)c2)c2cc(C(C)(C)C)cc(C(C)(C)C)c2)c1.[Cl-].[Cl-].[Cl-]. The Kier molecular flexibility index (Phi) is 14.6. The van der Waals surface area contributed by atoms with E-state index < -0.39 is 8.07 Å². The molecule has 0 saturated heterocycles. The van der Waals surface area contributed by atoms with E-state index in [0.717, 1.165) is 19.3 Å². The van der Waals surface area contributed by atoms with Crippen LogP contribution in [0.1, 0.15) is 116 Å². The second kappa shape index (κ2) is 15.7. The molecule has 1 aliphatic carbocycles. The van der Waals surface area contributed by atoms with E-state index in [1.54, 1.807) is 19.8 Å². The third-order valence-corrected chi connectivity index (χ3v) is 15.2. The fourth-order valence-corrected chi connectivity index (χ4v) is 13.9. The minimum Gasteiger partial charge on any atom is -1.00 e. The topological polar surface area (TPSA) is 0 Å². The molecule has 0 aromatic heterocycles. The molecule has 0 N–H and O–H groups in total. The first-order valence-electron chi connectivity index (χ1n) is 16.4. The Morgan fingerprint density at radius 1 is 0.565 bits per heavy atom. The number of hydrogen-bond acceptors (Lipinski definition) is 0. The van der Waals surface area contributed by atoms with Crippen LogP contribution in [0.25, 0.3) is 0 Å². The zero-order valence-corrected chi connectivity index (χ0v) is 35.4. The number of rotatable bonds is 6. The Morgan fingerprint density at radius 3 is 1.37 bits per heavy atom. The Labute approximate surface area is 313 Å². The summed E-state index contributed by atoms with van der Waals surface area (Å²) < 4.78 is 1.55. The molecule has 0 fully saturated rings. The Balaban J connectivity index is 0.00000353. The standard InChI is InChI=1S/C41H55Si.3ClH.Ti/c1-14-30-22-31(15-2)24-35(23-30)42(34-20-28(3)19-29(4)21-34,38-18-16-17-37(38)41(11,12)13)36-26-32(39(5,6)7)25-33(27-36)40(8,9)10;;;;/h17,19-27H,14-16H2,1-13H3;3*1H;/q;;;;+3/p-3. The fourth-order valence-electron chi connectivity index (χ4n) is 6.90. The van der Waals surface area contributed by atoms with Crippen molar-refractivity contribution in [1.29, 1.82) is 0 Å². The molecule has 0 nitrogen and oxygen atoms in total. The van der Waals surface area contributed by atoms with Gasteiger partial charge in [0, 0.05) is 0 Å². The van der Waals surface area contributed by atoms with Crippen LogP contribution in [-0.2, 0) is 44.1 Å². The van der Waals surface area contributed by atoms with Gasteiger partial charge in [0.05, 0.1) is 0 Å². The maximum atomic E-state index is 2.63. The summed E-state index contributed by atoms with van der Waals surface area (Å²) in [6.45, 7) is 30.8. The largest absolute Gasteiger partial charge is 1.00 e. The van der Waals surface area contributed by atoms with E-state index in [4.69, 9.17) is 0 Å². The van der Waals surface area contributed by atoms with Gasteiger partial charge in [0.1, 0.15) is 0 Å². The minimum atomic E-state index is -2.79. The molecular formula is C41H55Cl3SiTi. The molecule has 1 unspecified atom stereocenters. The van der Waals surface area contributed by atoms with Gasteiger partial charge in [-0.05, 0) is 0 Å². The second-order valence-electron chi connectivity index (χ2n) is 16.1. The van der Waals surface area contributed by atoms with E-state index in [-0.39, 0.29) is 53.5 Å². The maximum Gasteiger partial charge on any atom is -1.00 e. The molecule has 3 aromatic rings. The fraction of sp³-hybridized carbons (Fsp3) is 0.463. The van der Waals surface area contributed by atoms with Crippen LogP contribution < -0.4 is 52.8 Å². The van der Waals surface area contributed by atoms with Crippen LogP contribution in [0.2, 0.25) is 0 Å². The monoisotopic (exact) mass is 728 g/mol. The van der Waals surface area contributed by atoms with E-state index in [9.17, 15) is 0 Å². The van der Waals surface area contributed by atoms with E-state index in [2.05, 4.69) is 171 Å². The van der Waals surface area contributed by atoms with Gasteiger partial charge in [0.15, 0.2) is 0 Å². The van der Waals surface area contributed by atoms with E-state index in [1.165, 1.54) is 43.8 Å². The third-order valence-electron chi connectivity index (χ3n) is 9.32. The van der Waals surface area contributed by atoms with Crippen LogP contribution in [0.5, 0.6) is 0 Å². The van der Waals surface area contributed by atoms with Gasteiger partial charge in [-0.1, -0.05) is 0 Å². The second-order valence-corrected chi connectivity index (χ2v) is 20.8. The number of aryl methyl sites for hydroxylation is 4. The van der Waals surface area contributed by atoms with E-state index in [1.807, 2.05) is 0 Å². The summed E-state index contributed by atoms with van der Waals surface area (Å²) in [5.41, 5.74) is 10.2. The van der Waals surface area contributed by atoms with Gasteiger partial charge in [0.2, 0.25) is 0 Å². The third kappa shape index (κ3) is 8.56. The zero-order valence-electron chi connectivity index (χ0n) is 30.5. The van der Waals surface area contributed by atoms with Crippen LogP contribution in [-0.4, -0.2) is 8.07 Å². The van der Waals surface area contributed by atoms with Crippen LogP contribution in [0, 0.1) is 19.3 Å². The molecule has 3 aromatic carbocycles. The van der Waals surface area contributed by atoms with Gasteiger partial charge >= 0.3 is 278 Å². The van der Waals surface area contributed by atoms with Crippen LogP contribution in [0.15, 0.2) is 75.3 Å². The first kappa shape index (κ1) is 43.0. The molecule has 0 heterocycles. The number of allylic oxidation sites excluding steroid dienone is 4. The summed E-state index contributed by atoms with van der Waals surface area (Å²) >= 11 is 2.43. The molecule has 0 saturated carbocycles. The van der Waals surface area contributed by atoms with Gasteiger partial charge < -0.3 is 37.2 Å². The molecule has 0 radical (unpaired) electrons. The van der Waals surface area contributed by atoms with Crippen molar-refractivity contribution in [3.8, 4) is 0 Å². The van der Waals surface area contributed by atoms with Crippen molar-refractivity contribution < 1.29 is 57.7 Å². The van der Waals surface area contributed by atoms with Crippen LogP contribution in [0.4, 0.5) is 0 Å². The summed E-state index contributed by atoms with van der Waals surface area (Å²) in [4.78, 5) is 0. The smallest absolute Gasteiger partial charge is 1.00 e. The molecule has 1 atom stereocenters. The quantitative estimate of drug-likeness (QED) is 0.252. The van der Waals surface area contributed by atoms with Crippen molar-refractivity contribution in [3.05, 3.63) is 109 Å². The average molecular weight is 730 g/mol. The summed E-state index contributed by atoms with van der Waals surface area (Å²) in [5, 5.41) is 6.26. The average Bonchev–Trinajstić information content (AvgIpc) is 3.29. The van der Waals surface area contributed by atoms with E-state index in [0.29, 0.717) is 0 Å². The first-order valence-corrected chi connectivity index (χ1v) is 19.1. The van der Waals surface area contributed by atoms with Crippen LogP contribution >= 0.6 is 0 Å². The van der Waals surface area contributed by atoms with Gasteiger partial charge in [-0.15, -0.1) is 0 Å². The molecule has 1 aliphatic rings. The van der Waals surface area contributed by atoms with Gasteiger partial charge in [0.25, 0.3) is 0 Å². The van der Waals surface area contributed by atoms with Crippen molar-refractivity contribution in [1.82, 2.24) is 0 Å². The Hall–Kier alpha value is -1.06. The van der Waals surface area contributed by atoms with Crippen molar-refractivity contribution in [2.75, 3.05) is 0 Å². The summed E-state index contributed by atoms with van der Waals surface area (Å²) in [7, 11) is -2.79. The van der Waals surface area contributed by atoms with Crippen molar-refractivity contribution >= 4 is 23.6 Å². The molecule has 0 spiro atoms. The minimum absolute atomic E-state index is 0. The molecule has 0 amide bonds. The van der Waals surface area contributed by atoms with Crippen molar-refractivity contribution in [3.63, 3.8) is 0 Å².